The van der Waals surface area contributed by atoms with E-state index >= 15 is 0 Å². The molecule has 0 bridgehead atoms. The fraction of sp³-hybridized carbons (Fsp3) is 0.250. The molecule has 176 valence electrons. The van der Waals surface area contributed by atoms with Crippen LogP contribution in [-0.4, -0.2) is 21.3 Å². The Balaban J connectivity index is 2.07. The van der Waals surface area contributed by atoms with Gasteiger partial charge in [0.2, 0.25) is 0 Å². The van der Waals surface area contributed by atoms with Crippen LogP contribution in [0.15, 0.2) is 36.4 Å². The fourth-order valence-electron chi connectivity index (χ4n) is 6.10. The van der Waals surface area contributed by atoms with Gasteiger partial charge in [0.05, 0.1) is 21.3 Å². The van der Waals surface area contributed by atoms with Gasteiger partial charge < -0.3 is 14.2 Å². The van der Waals surface area contributed by atoms with Crippen molar-refractivity contribution in [3.63, 3.8) is 0 Å². The van der Waals surface area contributed by atoms with Gasteiger partial charge in [0, 0.05) is 0 Å². The molecule has 0 spiro atoms. The van der Waals surface area contributed by atoms with E-state index < -0.39 is 0 Å². The van der Waals surface area contributed by atoms with Crippen LogP contribution in [0.5, 0.6) is 17.2 Å². The van der Waals surface area contributed by atoms with Crippen molar-refractivity contribution in [1.82, 2.24) is 0 Å². The Hall–Kier alpha value is -3.72. The van der Waals surface area contributed by atoms with Crippen LogP contribution in [0.25, 0.3) is 53.9 Å². The van der Waals surface area contributed by atoms with Crippen molar-refractivity contribution in [3.8, 4) is 17.2 Å². The van der Waals surface area contributed by atoms with Gasteiger partial charge in [0.25, 0.3) is 0 Å². The number of aryl methyl sites for hydroxylation is 5. The maximum atomic E-state index is 5.77. The molecule has 0 saturated carbocycles. The summed E-state index contributed by atoms with van der Waals surface area (Å²) in [6, 6.07) is 13.5. The van der Waals surface area contributed by atoms with Crippen LogP contribution < -0.4 is 14.2 Å². The van der Waals surface area contributed by atoms with Crippen molar-refractivity contribution < 1.29 is 14.2 Å². The van der Waals surface area contributed by atoms with Crippen molar-refractivity contribution >= 4 is 53.9 Å². The van der Waals surface area contributed by atoms with E-state index in [1.54, 1.807) is 21.3 Å². The third-order valence-electron chi connectivity index (χ3n) is 8.12. The highest BCUT2D eigenvalue weighted by Crippen LogP contribution is 2.50. The molecule has 0 amide bonds. The van der Waals surface area contributed by atoms with E-state index in [0.29, 0.717) is 0 Å². The molecule has 6 aromatic carbocycles. The Kier molecular flexibility index (Phi) is 4.60. The standard InChI is InChI=1S/C32H30O3/c1-15-10-24-21-13-27(34-7)28(35-8)14-25(21)30-19(5)16(2)9-23-20-12-26(33-6)17(3)11-22(20)29(18(15)4)31(24)32(23)30/h9-14H,1-8H3. The second kappa shape index (κ2) is 7.39. The molecule has 0 saturated heterocycles. The normalized spacial score (nSPS) is 12.0. The zero-order chi connectivity index (χ0) is 24.8. The first-order chi connectivity index (χ1) is 16.8. The minimum Gasteiger partial charge on any atom is -0.496 e. The number of rotatable bonds is 3. The Labute approximate surface area is 205 Å². The molecule has 0 aromatic heterocycles. The smallest absolute Gasteiger partial charge is 0.161 e. The summed E-state index contributed by atoms with van der Waals surface area (Å²) in [5, 5.41) is 12.7. The molecule has 35 heavy (non-hydrogen) atoms. The van der Waals surface area contributed by atoms with E-state index in [1.165, 1.54) is 76.1 Å². The molecular weight excluding hydrogens is 432 g/mol. The minimum atomic E-state index is 0.752. The van der Waals surface area contributed by atoms with Gasteiger partial charge >= 0.3 is 0 Å². The summed E-state index contributed by atoms with van der Waals surface area (Å²) in [6.45, 7) is 11.0. The molecule has 0 aliphatic carbocycles. The monoisotopic (exact) mass is 462 g/mol. The quantitative estimate of drug-likeness (QED) is 0.195. The lowest BCUT2D eigenvalue weighted by atomic mass is 9.81. The van der Waals surface area contributed by atoms with E-state index in [4.69, 9.17) is 14.2 Å². The number of ether oxygens (including phenoxy) is 3. The van der Waals surface area contributed by atoms with Crippen LogP contribution in [0, 0.1) is 34.6 Å². The number of benzene rings is 6. The van der Waals surface area contributed by atoms with E-state index in [1.807, 2.05) is 0 Å². The van der Waals surface area contributed by atoms with E-state index in [2.05, 4.69) is 71.0 Å². The SMILES string of the molecule is COc1cc2c(cc1C)c1c(C)c(C)cc3c4cc(OC)c(OC)cc4c4c(C)c(C)cc2c4c31. The largest absolute Gasteiger partial charge is 0.496 e. The zero-order valence-electron chi connectivity index (χ0n) is 21.7. The summed E-state index contributed by atoms with van der Waals surface area (Å²) >= 11 is 0. The van der Waals surface area contributed by atoms with Crippen LogP contribution in [0.1, 0.15) is 27.8 Å². The number of hydrogen-bond acceptors (Lipinski definition) is 3. The third kappa shape index (κ3) is 2.72. The summed E-state index contributed by atoms with van der Waals surface area (Å²) < 4.78 is 17.3. The number of methoxy groups -OCH3 is 3. The molecule has 0 aliphatic heterocycles. The lowest BCUT2D eigenvalue weighted by Gasteiger charge is -2.23. The van der Waals surface area contributed by atoms with Gasteiger partial charge in [0.15, 0.2) is 11.5 Å². The first-order valence-electron chi connectivity index (χ1n) is 12.1. The first-order valence-corrected chi connectivity index (χ1v) is 12.1. The maximum Gasteiger partial charge on any atom is 0.161 e. The van der Waals surface area contributed by atoms with Gasteiger partial charge in [-0.05, 0) is 141 Å². The van der Waals surface area contributed by atoms with Crippen LogP contribution in [-0.2, 0) is 0 Å². The maximum absolute atomic E-state index is 5.77. The Morgan fingerprint density at radius 1 is 0.371 bits per heavy atom. The lowest BCUT2D eigenvalue weighted by molar-refractivity contribution is 0.356. The molecular formula is C32H30O3. The van der Waals surface area contributed by atoms with Crippen molar-refractivity contribution in [2.45, 2.75) is 34.6 Å². The van der Waals surface area contributed by atoms with Crippen molar-refractivity contribution in [2.75, 3.05) is 21.3 Å². The number of fused-ring (bicyclic) bond motifs is 6. The molecule has 3 heteroatoms. The number of hydrogen-bond donors (Lipinski definition) is 0. The summed E-state index contributed by atoms with van der Waals surface area (Å²) in [5.41, 5.74) is 6.34. The van der Waals surface area contributed by atoms with Gasteiger partial charge in [-0.3, -0.25) is 0 Å². The highest BCUT2D eigenvalue weighted by molar-refractivity contribution is 6.41. The van der Waals surface area contributed by atoms with Crippen LogP contribution >= 0.6 is 0 Å². The summed E-state index contributed by atoms with van der Waals surface area (Å²) in [4.78, 5) is 0. The molecule has 6 aromatic rings. The van der Waals surface area contributed by atoms with Crippen LogP contribution in [0.2, 0.25) is 0 Å². The van der Waals surface area contributed by atoms with Crippen LogP contribution in [0.3, 0.4) is 0 Å². The molecule has 0 fully saturated rings. The van der Waals surface area contributed by atoms with E-state index in [0.717, 1.165) is 22.8 Å². The first kappa shape index (κ1) is 21.8. The topological polar surface area (TPSA) is 27.7 Å². The minimum absolute atomic E-state index is 0.752. The summed E-state index contributed by atoms with van der Waals surface area (Å²) in [6.07, 6.45) is 0. The lowest BCUT2D eigenvalue weighted by Crippen LogP contribution is -1.98. The molecule has 0 N–H and O–H groups in total. The predicted octanol–water partition coefficient (Wildman–Crippen LogP) is 8.46. The van der Waals surface area contributed by atoms with Gasteiger partial charge in [-0.25, -0.2) is 0 Å². The third-order valence-corrected chi connectivity index (χ3v) is 8.12. The molecule has 0 atom stereocenters. The molecule has 6 rings (SSSR count). The summed E-state index contributed by atoms with van der Waals surface area (Å²) in [5.74, 6) is 2.43. The van der Waals surface area contributed by atoms with Gasteiger partial charge in [-0.1, -0.05) is 12.1 Å². The highest BCUT2D eigenvalue weighted by atomic mass is 16.5. The predicted molar refractivity (Wildman–Crippen MR) is 148 cm³/mol. The van der Waals surface area contributed by atoms with Gasteiger partial charge in [-0.15, -0.1) is 0 Å². The van der Waals surface area contributed by atoms with E-state index in [9.17, 15) is 0 Å². The molecule has 0 unspecified atom stereocenters. The average Bonchev–Trinajstić information content (AvgIpc) is 2.85. The highest BCUT2D eigenvalue weighted by Gasteiger charge is 2.23. The Morgan fingerprint density at radius 3 is 1.17 bits per heavy atom. The van der Waals surface area contributed by atoms with Crippen molar-refractivity contribution in [2.24, 2.45) is 0 Å². The molecule has 3 nitrogen and oxygen atoms in total. The molecule has 0 radical (unpaired) electrons. The van der Waals surface area contributed by atoms with Gasteiger partial charge in [-0.2, -0.15) is 0 Å². The van der Waals surface area contributed by atoms with Gasteiger partial charge in [0.1, 0.15) is 5.75 Å². The molecule has 0 heterocycles. The second-order valence-electron chi connectivity index (χ2n) is 9.85. The second-order valence-corrected chi connectivity index (χ2v) is 9.85. The molecule has 0 aliphatic rings. The zero-order valence-corrected chi connectivity index (χ0v) is 21.7. The van der Waals surface area contributed by atoms with E-state index in [-0.39, 0.29) is 0 Å². The fourth-order valence-corrected chi connectivity index (χ4v) is 6.10. The Bertz CT molecular complexity index is 1840. The van der Waals surface area contributed by atoms with Crippen LogP contribution in [0.4, 0.5) is 0 Å². The average molecular weight is 463 g/mol. The van der Waals surface area contributed by atoms with Crippen molar-refractivity contribution in [1.29, 1.82) is 0 Å². The Morgan fingerprint density at radius 2 is 0.714 bits per heavy atom. The van der Waals surface area contributed by atoms with Crippen molar-refractivity contribution in [3.05, 3.63) is 64.2 Å². The summed E-state index contributed by atoms with van der Waals surface area (Å²) in [7, 11) is 5.16.